The summed E-state index contributed by atoms with van der Waals surface area (Å²) in [6, 6.07) is 11.2. The van der Waals surface area contributed by atoms with Crippen molar-refractivity contribution >= 4 is 12.4 Å². The number of nitrogens with zero attached hydrogens (tertiary/aromatic N) is 1. The molecule has 2 aliphatic heterocycles. The van der Waals surface area contributed by atoms with Gasteiger partial charge in [0.2, 0.25) is 0 Å². The summed E-state index contributed by atoms with van der Waals surface area (Å²) in [4.78, 5) is 2.43. The van der Waals surface area contributed by atoms with Gasteiger partial charge in [-0.15, -0.1) is 12.4 Å². The summed E-state index contributed by atoms with van der Waals surface area (Å²) in [5.41, 5.74) is -1.91. The van der Waals surface area contributed by atoms with E-state index in [-0.39, 0.29) is 35.9 Å². The first-order valence-corrected chi connectivity index (χ1v) is 12.4. The van der Waals surface area contributed by atoms with Crippen LogP contribution in [-0.4, -0.2) is 37.4 Å². The van der Waals surface area contributed by atoms with Crippen molar-refractivity contribution in [2.75, 3.05) is 26.2 Å². The molecule has 0 radical (unpaired) electrons. The maximum absolute atomic E-state index is 13.4. The Balaban J connectivity index is 0.00000380. The first-order valence-electron chi connectivity index (χ1n) is 12.4. The molecular weight excluding hydrogens is 520 g/mol. The van der Waals surface area contributed by atoms with Gasteiger partial charge in [0, 0.05) is 12.5 Å². The van der Waals surface area contributed by atoms with Crippen LogP contribution in [0.3, 0.4) is 0 Å². The van der Waals surface area contributed by atoms with Crippen molar-refractivity contribution in [3.8, 4) is 0 Å². The van der Waals surface area contributed by atoms with Crippen molar-refractivity contribution in [1.29, 1.82) is 0 Å². The highest BCUT2D eigenvalue weighted by Crippen LogP contribution is 2.41. The van der Waals surface area contributed by atoms with Crippen LogP contribution >= 0.6 is 12.4 Å². The zero-order valence-corrected chi connectivity index (χ0v) is 21.3. The summed E-state index contributed by atoms with van der Waals surface area (Å²) in [6.45, 7) is 4.76. The van der Waals surface area contributed by atoms with E-state index in [1.54, 1.807) is 0 Å². The lowest BCUT2D eigenvalue weighted by atomic mass is 9.81. The van der Waals surface area contributed by atoms with E-state index in [1.165, 1.54) is 13.3 Å². The zero-order valence-electron chi connectivity index (χ0n) is 20.5. The SMILES string of the molecule is C[C@@H](O[C@H]1OCC[C@H](CN2CCCCC2)[C@@H]1c1ccccc1)c1cc(C(F)(F)F)cc(C(F)(F)F)c1.Cl. The van der Waals surface area contributed by atoms with E-state index in [0.717, 1.165) is 56.6 Å². The summed E-state index contributed by atoms with van der Waals surface area (Å²) in [6.07, 6.45) is -7.36. The van der Waals surface area contributed by atoms with E-state index in [4.69, 9.17) is 9.47 Å². The van der Waals surface area contributed by atoms with Crippen LogP contribution in [0.4, 0.5) is 26.3 Å². The lowest BCUT2D eigenvalue weighted by Gasteiger charge is -2.42. The minimum Gasteiger partial charge on any atom is -0.352 e. The molecule has 3 nitrogen and oxygen atoms in total. The average Bonchev–Trinajstić information content (AvgIpc) is 2.84. The van der Waals surface area contributed by atoms with Crippen molar-refractivity contribution in [3.05, 3.63) is 70.8 Å². The Morgan fingerprint density at radius 2 is 1.51 bits per heavy atom. The molecule has 0 spiro atoms. The molecule has 0 bridgehead atoms. The lowest BCUT2D eigenvalue weighted by Crippen LogP contribution is -2.43. The third-order valence-corrected chi connectivity index (χ3v) is 7.12. The maximum atomic E-state index is 13.4. The van der Waals surface area contributed by atoms with Gasteiger partial charge in [0.05, 0.1) is 23.8 Å². The zero-order chi connectivity index (χ0) is 25.9. The van der Waals surface area contributed by atoms with Gasteiger partial charge in [0.1, 0.15) is 0 Å². The number of hydrogen-bond donors (Lipinski definition) is 0. The normalized spacial score (nSPS) is 24.4. The van der Waals surface area contributed by atoms with Crippen molar-refractivity contribution in [2.45, 2.75) is 63.3 Å². The number of ether oxygens (including phenoxy) is 2. The fourth-order valence-corrected chi connectivity index (χ4v) is 5.24. The summed E-state index contributed by atoms with van der Waals surface area (Å²) < 4.78 is 92.4. The Morgan fingerprint density at radius 1 is 0.919 bits per heavy atom. The molecule has 206 valence electrons. The molecule has 0 unspecified atom stereocenters. The van der Waals surface area contributed by atoms with E-state index in [0.29, 0.717) is 6.61 Å². The van der Waals surface area contributed by atoms with E-state index < -0.39 is 35.9 Å². The number of alkyl halides is 6. The summed E-state index contributed by atoms with van der Waals surface area (Å²) in [5.74, 6) is -0.0130. The third-order valence-electron chi connectivity index (χ3n) is 7.12. The van der Waals surface area contributed by atoms with Crippen LogP contribution in [0.25, 0.3) is 0 Å². The minimum absolute atomic E-state index is 0. The molecule has 10 heteroatoms. The Labute approximate surface area is 219 Å². The molecule has 2 saturated heterocycles. The van der Waals surface area contributed by atoms with Crippen LogP contribution in [0.1, 0.15) is 66.9 Å². The summed E-state index contributed by atoms with van der Waals surface area (Å²) in [5, 5.41) is 0. The van der Waals surface area contributed by atoms with Gasteiger partial charge in [-0.3, -0.25) is 0 Å². The minimum atomic E-state index is -4.91. The number of halogens is 7. The molecule has 2 heterocycles. The molecule has 2 aromatic carbocycles. The second-order valence-electron chi connectivity index (χ2n) is 9.70. The van der Waals surface area contributed by atoms with E-state index in [2.05, 4.69) is 4.90 Å². The molecule has 0 saturated carbocycles. The second-order valence-corrected chi connectivity index (χ2v) is 9.70. The summed E-state index contributed by atoms with van der Waals surface area (Å²) >= 11 is 0. The number of hydrogen-bond acceptors (Lipinski definition) is 3. The van der Waals surface area contributed by atoms with E-state index >= 15 is 0 Å². The number of benzene rings is 2. The molecule has 0 aromatic heterocycles. The highest BCUT2D eigenvalue weighted by atomic mass is 35.5. The molecule has 0 aliphatic carbocycles. The Bertz CT molecular complexity index is 962. The van der Waals surface area contributed by atoms with Crippen LogP contribution in [0.15, 0.2) is 48.5 Å². The highest BCUT2D eigenvalue weighted by Gasteiger charge is 2.40. The van der Waals surface area contributed by atoms with Gasteiger partial charge in [0.15, 0.2) is 6.29 Å². The molecule has 4 rings (SSSR count). The molecule has 0 amide bonds. The van der Waals surface area contributed by atoms with Crippen LogP contribution < -0.4 is 0 Å². The fraction of sp³-hybridized carbons (Fsp3) is 0.556. The standard InChI is InChI=1S/C27H31F6NO2.ClH/c1-18(21-14-22(26(28,29)30)16-23(15-21)27(31,32)33)36-25-24(19-8-4-2-5-9-19)20(10-13-35-25)17-34-11-6-3-7-12-34;/h2,4-5,8-9,14-16,18,20,24-25H,3,6-7,10-13,17H2,1H3;1H/t18-,20-,24+,25-;/m1./s1. The maximum Gasteiger partial charge on any atom is 0.416 e. The predicted molar refractivity (Wildman–Crippen MR) is 131 cm³/mol. The van der Waals surface area contributed by atoms with Crippen molar-refractivity contribution in [2.24, 2.45) is 5.92 Å². The molecular formula is C27H32ClF6NO2. The smallest absolute Gasteiger partial charge is 0.352 e. The predicted octanol–water partition coefficient (Wildman–Crippen LogP) is 7.86. The quantitative estimate of drug-likeness (QED) is 0.341. The number of likely N-dealkylation sites (tertiary alicyclic amines) is 1. The monoisotopic (exact) mass is 551 g/mol. The average molecular weight is 552 g/mol. The van der Waals surface area contributed by atoms with Gasteiger partial charge in [-0.2, -0.15) is 26.3 Å². The second kappa shape index (κ2) is 12.4. The van der Waals surface area contributed by atoms with Crippen LogP contribution in [-0.2, 0) is 21.8 Å². The lowest BCUT2D eigenvalue weighted by molar-refractivity contribution is -0.210. The Kier molecular flexibility index (Phi) is 9.94. The molecule has 0 N–H and O–H groups in total. The van der Waals surface area contributed by atoms with Crippen molar-refractivity contribution in [3.63, 3.8) is 0 Å². The van der Waals surface area contributed by atoms with E-state index in [1.807, 2.05) is 30.3 Å². The van der Waals surface area contributed by atoms with Crippen LogP contribution in [0, 0.1) is 5.92 Å². The molecule has 37 heavy (non-hydrogen) atoms. The molecule has 2 fully saturated rings. The van der Waals surface area contributed by atoms with Crippen LogP contribution in [0.5, 0.6) is 0 Å². The van der Waals surface area contributed by atoms with Crippen LogP contribution in [0.2, 0.25) is 0 Å². The Hall–Kier alpha value is -1.81. The molecule has 4 atom stereocenters. The fourth-order valence-electron chi connectivity index (χ4n) is 5.24. The van der Waals surface area contributed by atoms with Crippen molar-refractivity contribution < 1.29 is 35.8 Å². The third kappa shape index (κ3) is 7.62. The number of rotatable bonds is 6. The first-order chi connectivity index (χ1) is 17.0. The van der Waals surface area contributed by atoms with Gasteiger partial charge in [0.25, 0.3) is 0 Å². The van der Waals surface area contributed by atoms with Gasteiger partial charge in [-0.05, 0) is 74.5 Å². The van der Waals surface area contributed by atoms with Crippen molar-refractivity contribution in [1.82, 2.24) is 4.90 Å². The topological polar surface area (TPSA) is 21.7 Å². The van der Waals surface area contributed by atoms with Gasteiger partial charge < -0.3 is 14.4 Å². The molecule has 2 aromatic rings. The van der Waals surface area contributed by atoms with Gasteiger partial charge >= 0.3 is 12.4 Å². The number of piperidine rings is 1. The molecule has 2 aliphatic rings. The Morgan fingerprint density at radius 3 is 2.08 bits per heavy atom. The van der Waals surface area contributed by atoms with E-state index in [9.17, 15) is 26.3 Å². The van der Waals surface area contributed by atoms with Gasteiger partial charge in [-0.25, -0.2) is 0 Å². The first kappa shape index (κ1) is 29.7. The largest absolute Gasteiger partial charge is 0.416 e. The van der Waals surface area contributed by atoms with Gasteiger partial charge in [-0.1, -0.05) is 36.8 Å². The highest BCUT2D eigenvalue weighted by molar-refractivity contribution is 5.85. The summed E-state index contributed by atoms with van der Waals surface area (Å²) in [7, 11) is 0.